The number of likely N-dealkylation sites (tertiary alicyclic amines) is 1. The lowest BCUT2D eigenvalue weighted by molar-refractivity contribution is 0.0963. The van der Waals surface area contributed by atoms with Crippen LogP contribution in [-0.4, -0.2) is 64.2 Å². The molecular formula is C16H27N5O4S2. The number of carbonyl (C=O) groups excluding carboxylic acids is 1. The summed E-state index contributed by atoms with van der Waals surface area (Å²) in [5.41, 5.74) is 5.87. The summed E-state index contributed by atoms with van der Waals surface area (Å²) in [6.07, 6.45) is 1.21. The fourth-order valence-corrected chi connectivity index (χ4v) is 5.01. The van der Waals surface area contributed by atoms with Crippen molar-refractivity contribution in [3.05, 3.63) is 17.0 Å². The number of rotatable bonds is 7. The number of amides is 1. The Morgan fingerprint density at radius 2 is 2.11 bits per heavy atom. The number of guanidine groups is 1. The number of nitrogens with two attached hydrogens (primary N) is 1. The van der Waals surface area contributed by atoms with Gasteiger partial charge >= 0.3 is 6.09 Å². The number of sulfonamides is 1. The summed E-state index contributed by atoms with van der Waals surface area (Å²) in [6, 6.07) is 3.49. The van der Waals surface area contributed by atoms with Crippen molar-refractivity contribution in [3.63, 3.8) is 0 Å². The number of piperidine rings is 1. The highest BCUT2D eigenvalue weighted by Gasteiger charge is 2.23. The Morgan fingerprint density at radius 1 is 1.41 bits per heavy atom. The summed E-state index contributed by atoms with van der Waals surface area (Å²) >= 11 is 1.23. The zero-order valence-electron chi connectivity index (χ0n) is 15.6. The third-order valence-electron chi connectivity index (χ3n) is 4.04. The number of ether oxygens (including phenoxy) is 1. The van der Waals surface area contributed by atoms with Crippen molar-refractivity contribution in [1.29, 1.82) is 0 Å². The maximum absolute atomic E-state index is 12.1. The van der Waals surface area contributed by atoms with Crippen molar-refractivity contribution >= 4 is 33.4 Å². The van der Waals surface area contributed by atoms with Crippen LogP contribution in [0.25, 0.3) is 0 Å². The quantitative estimate of drug-likeness (QED) is 0.343. The lowest BCUT2D eigenvalue weighted by atomic mass is 10.1. The molecule has 4 N–H and O–H groups in total. The second-order valence-electron chi connectivity index (χ2n) is 6.13. The van der Waals surface area contributed by atoms with Crippen molar-refractivity contribution in [2.75, 3.05) is 32.8 Å². The summed E-state index contributed by atoms with van der Waals surface area (Å²) in [5.74, 6) is 0.274. The Balaban J connectivity index is 1.70. The van der Waals surface area contributed by atoms with Crippen LogP contribution < -0.4 is 15.8 Å². The number of carbonyl (C=O) groups is 1. The van der Waals surface area contributed by atoms with Gasteiger partial charge < -0.3 is 20.7 Å². The van der Waals surface area contributed by atoms with Gasteiger partial charge in [-0.2, -0.15) is 0 Å². The molecule has 1 aliphatic rings. The van der Waals surface area contributed by atoms with Gasteiger partial charge in [-0.15, -0.1) is 11.3 Å². The van der Waals surface area contributed by atoms with E-state index in [2.05, 4.69) is 15.0 Å². The van der Waals surface area contributed by atoms with Crippen LogP contribution in [0.4, 0.5) is 4.79 Å². The lowest BCUT2D eigenvalue weighted by Gasteiger charge is -2.31. The summed E-state index contributed by atoms with van der Waals surface area (Å²) in [7, 11) is -3.49. The molecule has 1 aromatic heterocycles. The number of hydrogen-bond acceptors (Lipinski definition) is 6. The molecule has 1 amide bonds. The second-order valence-corrected chi connectivity index (χ2v) is 9.42. The van der Waals surface area contributed by atoms with Gasteiger partial charge in [0.05, 0.1) is 13.2 Å². The van der Waals surface area contributed by atoms with Gasteiger partial charge in [-0.25, -0.2) is 17.9 Å². The Morgan fingerprint density at radius 3 is 2.70 bits per heavy atom. The Labute approximate surface area is 164 Å². The topological polar surface area (TPSA) is 126 Å². The molecule has 1 fully saturated rings. The first kappa shape index (κ1) is 21.5. The average molecular weight is 418 g/mol. The molecule has 0 aliphatic carbocycles. The van der Waals surface area contributed by atoms with Crippen LogP contribution in [0.15, 0.2) is 21.3 Å². The van der Waals surface area contributed by atoms with Crippen molar-refractivity contribution in [2.24, 2.45) is 10.7 Å². The summed E-state index contributed by atoms with van der Waals surface area (Å²) in [4.78, 5) is 18.4. The van der Waals surface area contributed by atoms with Crippen LogP contribution in [0.1, 0.15) is 24.6 Å². The van der Waals surface area contributed by atoms with Crippen LogP contribution in [0.3, 0.4) is 0 Å². The third-order valence-corrected chi connectivity index (χ3v) is 6.99. The fourth-order valence-electron chi connectivity index (χ4n) is 2.66. The van der Waals surface area contributed by atoms with Crippen LogP contribution >= 0.6 is 11.3 Å². The number of nitrogens with one attached hydrogen (secondary N) is 2. The van der Waals surface area contributed by atoms with Gasteiger partial charge in [-0.3, -0.25) is 4.99 Å². The van der Waals surface area contributed by atoms with Gasteiger partial charge in [-0.1, -0.05) is 0 Å². The lowest BCUT2D eigenvalue weighted by Crippen LogP contribution is -2.48. The molecule has 1 saturated heterocycles. The van der Waals surface area contributed by atoms with E-state index >= 15 is 0 Å². The molecule has 0 bridgehead atoms. The van der Waals surface area contributed by atoms with Crippen LogP contribution in [0.2, 0.25) is 0 Å². The highest BCUT2D eigenvalue weighted by atomic mass is 32.2. The number of hydrogen-bond donors (Lipinski definition) is 3. The predicted octanol–water partition coefficient (Wildman–Crippen LogP) is 0.860. The summed E-state index contributed by atoms with van der Waals surface area (Å²) in [5, 5.41) is 3.12. The van der Waals surface area contributed by atoms with Gasteiger partial charge in [-0.05, 0) is 38.8 Å². The standard InChI is InChI=1S/C16H27N5O4S2/c1-3-25-16(22)21-10-6-13(7-11-21)20-15(17)18-8-9-19-27(23,24)14-5-4-12(2)26-14/h4-5,13,19H,3,6-11H2,1-2H3,(H3,17,18,20). The molecule has 2 heterocycles. The molecule has 11 heteroatoms. The predicted molar refractivity (Wildman–Crippen MR) is 105 cm³/mol. The smallest absolute Gasteiger partial charge is 0.409 e. The maximum Gasteiger partial charge on any atom is 0.409 e. The highest BCUT2D eigenvalue weighted by Crippen LogP contribution is 2.20. The molecule has 2 rings (SSSR count). The van der Waals surface area contributed by atoms with E-state index in [0.29, 0.717) is 23.9 Å². The highest BCUT2D eigenvalue weighted by molar-refractivity contribution is 7.91. The largest absolute Gasteiger partial charge is 0.450 e. The van der Waals surface area contributed by atoms with Gasteiger partial charge in [0, 0.05) is 30.6 Å². The molecule has 0 radical (unpaired) electrons. The minimum atomic E-state index is -3.49. The maximum atomic E-state index is 12.1. The van der Waals surface area contributed by atoms with E-state index in [1.54, 1.807) is 24.0 Å². The Hall–Kier alpha value is -1.85. The molecule has 9 nitrogen and oxygen atoms in total. The molecule has 152 valence electrons. The van der Waals surface area contributed by atoms with Gasteiger partial charge in [0.15, 0.2) is 5.96 Å². The van der Waals surface area contributed by atoms with Gasteiger partial charge in [0.1, 0.15) is 4.21 Å². The average Bonchev–Trinajstić information content (AvgIpc) is 3.07. The summed E-state index contributed by atoms with van der Waals surface area (Å²) in [6.45, 7) is 5.62. The van der Waals surface area contributed by atoms with Crippen LogP contribution in [0, 0.1) is 6.92 Å². The normalized spacial score (nSPS) is 16.4. The zero-order chi connectivity index (χ0) is 19.9. The molecule has 0 atom stereocenters. The first-order valence-electron chi connectivity index (χ1n) is 8.86. The molecule has 27 heavy (non-hydrogen) atoms. The summed E-state index contributed by atoms with van der Waals surface area (Å²) < 4.78 is 32.0. The van der Waals surface area contributed by atoms with Crippen molar-refractivity contribution in [2.45, 2.75) is 36.9 Å². The molecule has 1 aliphatic heterocycles. The molecule has 0 unspecified atom stereocenters. The number of aryl methyl sites for hydroxylation is 1. The van der Waals surface area contributed by atoms with Crippen molar-refractivity contribution in [1.82, 2.24) is 14.9 Å². The van der Waals surface area contributed by atoms with E-state index < -0.39 is 10.0 Å². The number of nitrogens with zero attached hydrogens (tertiary/aromatic N) is 2. The Bertz CT molecular complexity index is 755. The van der Waals surface area contributed by atoms with E-state index in [4.69, 9.17) is 10.5 Å². The first-order chi connectivity index (χ1) is 12.8. The fraction of sp³-hybridized carbons (Fsp3) is 0.625. The van der Waals surface area contributed by atoms with E-state index in [1.807, 2.05) is 6.92 Å². The SMILES string of the molecule is CCOC(=O)N1CCC(NC(N)=NCCNS(=O)(=O)c2ccc(C)s2)CC1. The van der Waals surface area contributed by atoms with Gasteiger partial charge in [0.25, 0.3) is 0 Å². The minimum Gasteiger partial charge on any atom is -0.450 e. The number of aliphatic imine (C=N–C) groups is 1. The third kappa shape index (κ3) is 6.67. The molecule has 0 saturated carbocycles. The van der Waals surface area contributed by atoms with Crippen LogP contribution in [-0.2, 0) is 14.8 Å². The minimum absolute atomic E-state index is 0.130. The van der Waals surface area contributed by atoms with Crippen molar-refractivity contribution < 1.29 is 17.9 Å². The van der Waals surface area contributed by atoms with E-state index in [-0.39, 0.29) is 31.2 Å². The monoisotopic (exact) mass is 417 g/mol. The molecular weight excluding hydrogens is 390 g/mol. The molecule has 0 spiro atoms. The van der Waals surface area contributed by atoms with Crippen LogP contribution in [0.5, 0.6) is 0 Å². The molecule has 1 aromatic rings. The van der Waals surface area contributed by atoms with E-state index in [0.717, 1.165) is 17.7 Å². The zero-order valence-corrected chi connectivity index (χ0v) is 17.2. The van der Waals surface area contributed by atoms with Gasteiger partial charge in [0.2, 0.25) is 10.0 Å². The molecule has 0 aromatic carbocycles. The van der Waals surface area contributed by atoms with E-state index in [9.17, 15) is 13.2 Å². The number of thiophene rings is 1. The Kier molecular flexibility index (Phi) is 7.87. The second kappa shape index (κ2) is 9.90. The first-order valence-corrected chi connectivity index (χ1v) is 11.2. The van der Waals surface area contributed by atoms with Crippen molar-refractivity contribution in [3.8, 4) is 0 Å². The van der Waals surface area contributed by atoms with E-state index in [1.165, 1.54) is 11.3 Å².